The van der Waals surface area contributed by atoms with Gasteiger partial charge in [0.1, 0.15) is 6.26 Å². The third kappa shape index (κ3) is 1.65. The second-order valence-electron chi connectivity index (χ2n) is 3.65. The van der Waals surface area contributed by atoms with E-state index in [0.717, 1.165) is 19.5 Å². The maximum absolute atomic E-state index is 11.8. The Kier molecular flexibility index (Phi) is 2.54. The maximum Gasteiger partial charge on any atom is 0.257 e. The van der Waals surface area contributed by atoms with Crippen LogP contribution in [0.15, 0.2) is 23.0 Å². The number of nitrogens with two attached hydrogens (primary N) is 1. The SMILES string of the molecule is NCC1CCN(C(=O)c2ccoc2)C1. The molecular weight excluding hydrogens is 180 g/mol. The lowest BCUT2D eigenvalue weighted by molar-refractivity contribution is 0.0787. The van der Waals surface area contributed by atoms with Crippen LogP contribution in [0.2, 0.25) is 0 Å². The summed E-state index contributed by atoms with van der Waals surface area (Å²) in [4.78, 5) is 13.6. The van der Waals surface area contributed by atoms with Gasteiger partial charge >= 0.3 is 0 Å². The van der Waals surface area contributed by atoms with Crippen LogP contribution in [0.4, 0.5) is 0 Å². The molecule has 1 amide bonds. The number of hydrogen-bond donors (Lipinski definition) is 1. The van der Waals surface area contributed by atoms with Gasteiger partial charge in [0.05, 0.1) is 11.8 Å². The minimum absolute atomic E-state index is 0.0506. The molecular formula is C10H14N2O2. The molecule has 0 spiro atoms. The Balaban J connectivity index is 2.00. The van der Waals surface area contributed by atoms with Crippen molar-refractivity contribution in [1.82, 2.24) is 4.90 Å². The van der Waals surface area contributed by atoms with Crippen LogP contribution in [-0.2, 0) is 0 Å². The van der Waals surface area contributed by atoms with Crippen LogP contribution in [-0.4, -0.2) is 30.4 Å². The van der Waals surface area contributed by atoms with Crippen LogP contribution in [0.25, 0.3) is 0 Å². The Hall–Kier alpha value is -1.29. The highest BCUT2D eigenvalue weighted by Crippen LogP contribution is 2.17. The van der Waals surface area contributed by atoms with Crippen molar-refractivity contribution >= 4 is 5.91 Å². The first-order valence-corrected chi connectivity index (χ1v) is 4.83. The summed E-state index contributed by atoms with van der Waals surface area (Å²) in [5.74, 6) is 0.514. The Bertz CT molecular complexity index is 308. The van der Waals surface area contributed by atoms with Gasteiger partial charge in [-0.15, -0.1) is 0 Å². The first-order valence-electron chi connectivity index (χ1n) is 4.83. The number of hydrogen-bond acceptors (Lipinski definition) is 3. The Morgan fingerprint density at radius 2 is 2.57 bits per heavy atom. The van der Waals surface area contributed by atoms with E-state index >= 15 is 0 Å². The molecule has 2 heterocycles. The summed E-state index contributed by atoms with van der Waals surface area (Å²) in [6, 6.07) is 1.69. The number of carbonyl (C=O) groups excluding carboxylic acids is 1. The lowest BCUT2D eigenvalue weighted by atomic mass is 10.1. The number of likely N-dealkylation sites (tertiary alicyclic amines) is 1. The monoisotopic (exact) mass is 194 g/mol. The molecule has 14 heavy (non-hydrogen) atoms. The number of nitrogens with zero attached hydrogens (tertiary/aromatic N) is 1. The van der Waals surface area contributed by atoms with Gasteiger partial charge in [0.2, 0.25) is 0 Å². The number of rotatable bonds is 2. The fourth-order valence-corrected chi connectivity index (χ4v) is 1.78. The first-order chi connectivity index (χ1) is 6.81. The van der Waals surface area contributed by atoms with Crippen LogP contribution < -0.4 is 5.73 Å². The second kappa shape index (κ2) is 3.84. The molecule has 1 saturated heterocycles. The average Bonchev–Trinajstić information content (AvgIpc) is 2.88. The second-order valence-corrected chi connectivity index (χ2v) is 3.65. The van der Waals surface area contributed by atoms with Crippen molar-refractivity contribution in [3.8, 4) is 0 Å². The third-order valence-electron chi connectivity index (χ3n) is 2.67. The van der Waals surface area contributed by atoms with Crippen molar-refractivity contribution < 1.29 is 9.21 Å². The predicted molar refractivity (Wildman–Crippen MR) is 51.8 cm³/mol. The summed E-state index contributed by atoms with van der Waals surface area (Å²) in [6.45, 7) is 2.25. The van der Waals surface area contributed by atoms with Crippen molar-refractivity contribution in [2.75, 3.05) is 19.6 Å². The number of amides is 1. The average molecular weight is 194 g/mol. The molecule has 1 fully saturated rings. The van der Waals surface area contributed by atoms with E-state index in [-0.39, 0.29) is 5.91 Å². The fraction of sp³-hybridized carbons (Fsp3) is 0.500. The van der Waals surface area contributed by atoms with E-state index in [1.165, 1.54) is 12.5 Å². The molecule has 1 aromatic rings. The molecule has 1 unspecified atom stereocenters. The normalized spacial score (nSPS) is 21.5. The molecule has 0 aliphatic carbocycles. The zero-order valence-electron chi connectivity index (χ0n) is 7.98. The van der Waals surface area contributed by atoms with Gasteiger partial charge in [-0.25, -0.2) is 0 Å². The molecule has 1 aliphatic rings. The lowest BCUT2D eigenvalue weighted by Crippen LogP contribution is -2.29. The van der Waals surface area contributed by atoms with Crippen molar-refractivity contribution in [1.29, 1.82) is 0 Å². The van der Waals surface area contributed by atoms with Gasteiger partial charge in [-0.3, -0.25) is 4.79 Å². The minimum Gasteiger partial charge on any atom is -0.472 e. The molecule has 2 rings (SSSR count). The van der Waals surface area contributed by atoms with Crippen LogP contribution in [0, 0.1) is 5.92 Å². The van der Waals surface area contributed by atoms with Gasteiger partial charge in [-0.05, 0) is 24.9 Å². The first kappa shape index (κ1) is 9.27. The topological polar surface area (TPSA) is 59.5 Å². The molecule has 1 atom stereocenters. The van der Waals surface area contributed by atoms with Gasteiger partial charge in [-0.2, -0.15) is 0 Å². The number of carbonyl (C=O) groups is 1. The molecule has 76 valence electrons. The Morgan fingerprint density at radius 3 is 3.14 bits per heavy atom. The van der Waals surface area contributed by atoms with E-state index in [0.29, 0.717) is 18.0 Å². The van der Waals surface area contributed by atoms with E-state index < -0.39 is 0 Å². The minimum atomic E-state index is 0.0506. The van der Waals surface area contributed by atoms with Crippen LogP contribution in [0.5, 0.6) is 0 Å². The molecule has 0 bridgehead atoms. The summed E-state index contributed by atoms with van der Waals surface area (Å²) < 4.78 is 4.88. The molecule has 4 heteroatoms. The van der Waals surface area contributed by atoms with E-state index in [9.17, 15) is 4.79 Å². The summed E-state index contributed by atoms with van der Waals surface area (Å²) in [5, 5.41) is 0. The highest BCUT2D eigenvalue weighted by Gasteiger charge is 2.26. The van der Waals surface area contributed by atoms with E-state index in [1.54, 1.807) is 6.07 Å². The van der Waals surface area contributed by atoms with Gasteiger partial charge in [0.25, 0.3) is 5.91 Å². The van der Waals surface area contributed by atoms with Crippen molar-refractivity contribution in [3.05, 3.63) is 24.2 Å². The van der Waals surface area contributed by atoms with Gasteiger partial charge < -0.3 is 15.1 Å². The van der Waals surface area contributed by atoms with Gasteiger partial charge in [0.15, 0.2) is 0 Å². The smallest absolute Gasteiger partial charge is 0.257 e. The largest absolute Gasteiger partial charge is 0.472 e. The Labute approximate surface area is 82.7 Å². The molecule has 1 aliphatic heterocycles. The summed E-state index contributed by atoms with van der Waals surface area (Å²) in [7, 11) is 0. The van der Waals surface area contributed by atoms with Gasteiger partial charge in [0, 0.05) is 13.1 Å². The quantitative estimate of drug-likeness (QED) is 0.754. The van der Waals surface area contributed by atoms with E-state index in [4.69, 9.17) is 10.2 Å². The van der Waals surface area contributed by atoms with Crippen molar-refractivity contribution in [2.45, 2.75) is 6.42 Å². The van der Waals surface area contributed by atoms with Crippen LogP contribution >= 0.6 is 0 Å². The Morgan fingerprint density at radius 1 is 1.71 bits per heavy atom. The van der Waals surface area contributed by atoms with Crippen molar-refractivity contribution in [3.63, 3.8) is 0 Å². The molecule has 2 N–H and O–H groups in total. The number of furan rings is 1. The lowest BCUT2D eigenvalue weighted by Gasteiger charge is -2.14. The fourth-order valence-electron chi connectivity index (χ4n) is 1.78. The molecule has 4 nitrogen and oxygen atoms in total. The summed E-state index contributed by atoms with van der Waals surface area (Å²) in [5.41, 5.74) is 6.19. The molecule has 0 radical (unpaired) electrons. The highest BCUT2D eigenvalue weighted by atomic mass is 16.3. The zero-order valence-corrected chi connectivity index (χ0v) is 7.98. The van der Waals surface area contributed by atoms with E-state index in [1.807, 2.05) is 4.90 Å². The van der Waals surface area contributed by atoms with Crippen LogP contribution in [0.1, 0.15) is 16.8 Å². The van der Waals surface area contributed by atoms with Gasteiger partial charge in [-0.1, -0.05) is 0 Å². The predicted octanol–water partition coefficient (Wildman–Crippen LogP) is 0.700. The third-order valence-corrected chi connectivity index (χ3v) is 2.67. The highest BCUT2D eigenvalue weighted by molar-refractivity contribution is 5.93. The van der Waals surface area contributed by atoms with Crippen molar-refractivity contribution in [2.24, 2.45) is 11.7 Å². The zero-order chi connectivity index (χ0) is 9.97. The molecule has 1 aromatic heterocycles. The maximum atomic E-state index is 11.8. The van der Waals surface area contributed by atoms with Crippen LogP contribution in [0.3, 0.4) is 0 Å². The molecule has 0 saturated carbocycles. The standard InChI is InChI=1S/C10H14N2O2/c11-5-8-1-3-12(6-8)10(13)9-2-4-14-7-9/h2,4,7-8H,1,3,5-6,11H2. The summed E-state index contributed by atoms with van der Waals surface area (Å²) >= 11 is 0. The molecule has 0 aromatic carbocycles. The summed E-state index contributed by atoms with van der Waals surface area (Å²) in [6.07, 6.45) is 4.02. The van der Waals surface area contributed by atoms with E-state index in [2.05, 4.69) is 0 Å².